The molecule has 0 bridgehead atoms. The predicted molar refractivity (Wildman–Crippen MR) is 161 cm³/mol. The molecule has 0 atom stereocenters. The highest BCUT2D eigenvalue weighted by molar-refractivity contribution is 14.1. The van der Waals surface area contributed by atoms with E-state index in [2.05, 4.69) is 63.2 Å². The monoisotopic (exact) mass is 660 g/mol. The van der Waals surface area contributed by atoms with E-state index >= 15 is 0 Å². The summed E-state index contributed by atoms with van der Waals surface area (Å²) in [6.07, 6.45) is 1.79. The molecule has 1 heterocycles. The van der Waals surface area contributed by atoms with Crippen molar-refractivity contribution in [2.45, 2.75) is 6.61 Å². The van der Waals surface area contributed by atoms with Crippen LogP contribution >= 0.6 is 57.6 Å². The highest BCUT2D eigenvalue weighted by Crippen LogP contribution is 2.38. The van der Waals surface area contributed by atoms with Crippen LogP contribution < -0.4 is 14.8 Å². The SMILES string of the molecule is COc1cc(/C=C2/SC(=Nc3cccc(Cl)c3Cl)NC2=O)cc(I)c1OCc1ccc2ccccc2c1. The predicted octanol–water partition coefficient (Wildman–Crippen LogP) is 8.23. The number of carbonyl (C=O) groups excluding carboxylic acids is 1. The quantitative estimate of drug-likeness (QED) is 0.167. The Kier molecular flexibility index (Phi) is 7.95. The van der Waals surface area contributed by atoms with Crippen LogP contribution in [-0.2, 0) is 11.4 Å². The molecule has 4 aromatic carbocycles. The second-order valence-electron chi connectivity index (χ2n) is 8.06. The van der Waals surface area contributed by atoms with Crippen molar-refractivity contribution in [1.29, 1.82) is 0 Å². The Hall–Kier alpha value is -2.72. The molecule has 1 aliphatic rings. The van der Waals surface area contributed by atoms with Gasteiger partial charge in [-0.05, 0) is 92.7 Å². The van der Waals surface area contributed by atoms with Crippen molar-refractivity contribution in [2.24, 2.45) is 4.99 Å². The lowest BCUT2D eigenvalue weighted by molar-refractivity contribution is -0.115. The summed E-state index contributed by atoms with van der Waals surface area (Å²) in [7, 11) is 1.60. The number of amides is 1. The molecule has 186 valence electrons. The zero-order valence-corrected chi connectivity index (χ0v) is 23.9. The fourth-order valence-electron chi connectivity index (χ4n) is 3.77. The van der Waals surface area contributed by atoms with Gasteiger partial charge in [-0.1, -0.05) is 65.7 Å². The molecule has 0 aliphatic carbocycles. The van der Waals surface area contributed by atoms with Crippen LogP contribution in [0.4, 0.5) is 5.69 Å². The standard InChI is InChI=1S/C28H19Cl2IN2O3S/c1-35-23-13-17(14-24-27(34)33-28(37-24)32-22-8-4-7-20(29)25(22)30)12-21(31)26(23)36-15-16-9-10-18-5-2-3-6-19(18)11-16/h2-14H,15H2,1H3,(H,32,33,34)/b24-14+. The summed E-state index contributed by atoms with van der Waals surface area (Å²) in [5.41, 5.74) is 2.36. The first-order valence-corrected chi connectivity index (χ1v) is 13.8. The van der Waals surface area contributed by atoms with Gasteiger partial charge in [0, 0.05) is 0 Å². The summed E-state index contributed by atoms with van der Waals surface area (Å²) in [4.78, 5) is 17.5. The van der Waals surface area contributed by atoms with Gasteiger partial charge in [-0.2, -0.15) is 0 Å². The first-order chi connectivity index (χ1) is 17.9. The van der Waals surface area contributed by atoms with Crippen LogP contribution in [0.25, 0.3) is 16.8 Å². The second-order valence-corrected chi connectivity index (χ2v) is 11.0. The number of fused-ring (bicyclic) bond motifs is 1. The molecule has 0 radical (unpaired) electrons. The minimum atomic E-state index is -0.243. The lowest BCUT2D eigenvalue weighted by Crippen LogP contribution is -2.19. The van der Waals surface area contributed by atoms with E-state index in [0.717, 1.165) is 14.7 Å². The van der Waals surface area contributed by atoms with Gasteiger partial charge in [-0.3, -0.25) is 4.79 Å². The molecule has 1 aliphatic heterocycles. The van der Waals surface area contributed by atoms with Crippen LogP contribution in [0.15, 0.2) is 82.7 Å². The molecule has 0 aromatic heterocycles. The Morgan fingerprint density at radius 2 is 1.84 bits per heavy atom. The average Bonchev–Trinajstić information content (AvgIpc) is 3.23. The van der Waals surface area contributed by atoms with Gasteiger partial charge in [0.1, 0.15) is 6.61 Å². The van der Waals surface area contributed by atoms with E-state index in [-0.39, 0.29) is 5.91 Å². The smallest absolute Gasteiger partial charge is 0.264 e. The first-order valence-electron chi connectivity index (χ1n) is 11.1. The molecular formula is C28H19Cl2IN2O3S. The molecule has 1 saturated heterocycles. The maximum atomic E-state index is 12.6. The van der Waals surface area contributed by atoms with E-state index in [4.69, 9.17) is 32.7 Å². The fraction of sp³-hybridized carbons (Fsp3) is 0.0714. The number of nitrogens with zero attached hydrogens (tertiary/aromatic N) is 1. The van der Waals surface area contributed by atoms with Crippen LogP contribution in [0.2, 0.25) is 10.0 Å². The number of thioether (sulfide) groups is 1. The van der Waals surface area contributed by atoms with Gasteiger partial charge < -0.3 is 14.8 Å². The fourth-order valence-corrected chi connectivity index (χ4v) is 5.72. The van der Waals surface area contributed by atoms with Gasteiger partial charge >= 0.3 is 0 Å². The highest BCUT2D eigenvalue weighted by Gasteiger charge is 2.24. The second kappa shape index (κ2) is 11.3. The lowest BCUT2D eigenvalue weighted by Gasteiger charge is -2.14. The molecule has 0 saturated carbocycles. The number of hydrogen-bond donors (Lipinski definition) is 1. The molecule has 5 nitrogen and oxygen atoms in total. The Bertz CT molecular complexity index is 1590. The van der Waals surface area contributed by atoms with Crippen LogP contribution in [0.3, 0.4) is 0 Å². The molecule has 4 aromatic rings. The first kappa shape index (κ1) is 25.9. The zero-order valence-electron chi connectivity index (χ0n) is 19.4. The minimum absolute atomic E-state index is 0.243. The van der Waals surface area contributed by atoms with E-state index in [9.17, 15) is 4.79 Å². The van der Waals surface area contributed by atoms with Gasteiger partial charge in [-0.25, -0.2) is 4.99 Å². The molecule has 0 spiro atoms. The Morgan fingerprint density at radius 3 is 2.65 bits per heavy atom. The number of methoxy groups -OCH3 is 1. The Labute approximate surface area is 242 Å². The lowest BCUT2D eigenvalue weighted by atomic mass is 10.1. The van der Waals surface area contributed by atoms with Gasteiger partial charge in [0.2, 0.25) is 0 Å². The number of benzene rings is 4. The van der Waals surface area contributed by atoms with E-state index < -0.39 is 0 Å². The molecular weight excluding hydrogens is 642 g/mol. The third kappa shape index (κ3) is 5.90. The number of halogens is 3. The Balaban J connectivity index is 1.35. The molecule has 1 amide bonds. The molecule has 9 heteroatoms. The van der Waals surface area contributed by atoms with Crippen molar-refractivity contribution in [3.05, 3.63) is 102 Å². The highest BCUT2D eigenvalue weighted by atomic mass is 127. The Morgan fingerprint density at radius 1 is 1.03 bits per heavy atom. The topological polar surface area (TPSA) is 59.9 Å². The van der Waals surface area contributed by atoms with Crippen LogP contribution in [0, 0.1) is 3.57 Å². The van der Waals surface area contributed by atoms with Crippen molar-refractivity contribution in [3.63, 3.8) is 0 Å². The largest absolute Gasteiger partial charge is 0.493 e. The molecule has 37 heavy (non-hydrogen) atoms. The third-order valence-corrected chi connectivity index (χ3v) is 8.07. The summed E-state index contributed by atoms with van der Waals surface area (Å²) < 4.78 is 12.7. The van der Waals surface area contributed by atoms with Gasteiger partial charge in [0.15, 0.2) is 16.7 Å². The number of rotatable bonds is 6. The number of nitrogens with one attached hydrogen (secondary N) is 1. The van der Waals surface area contributed by atoms with E-state index in [1.807, 2.05) is 24.3 Å². The number of aliphatic imine (C=N–C) groups is 1. The maximum absolute atomic E-state index is 12.6. The average molecular weight is 661 g/mol. The summed E-state index contributed by atoms with van der Waals surface area (Å²) in [5, 5.41) is 6.29. The van der Waals surface area contributed by atoms with E-state index in [1.165, 1.54) is 22.5 Å². The van der Waals surface area contributed by atoms with Gasteiger partial charge in [-0.15, -0.1) is 0 Å². The maximum Gasteiger partial charge on any atom is 0.264 e. The summed E-state index contributed by atoms with van der Waals surface area (Å²) >= 11 is 15.7. The number of amidine groups is 1. The van der Waals surface area contributed by atoms with Crippen LogP contribution in [-0.4, -0.2) is 18.2 Å². The summed E-state index contributed by atoms with van der Waals surface area (Å²) in [6.45, 7) is 0.405. The number of carbonyl (C=O) groups is 1. The van der Waals surface area contributed by atoms with Crippen molar-refractivity contribution in [2.75, 3.05) is 7.11 Å². The third-order valence-electron chi connectivity index (χ3n) is 5.55. The van der Waals surface area contributed by atoms with Crippen molar-refractivity contribution < 1.29 is 14.3 Å². The zero-order chi connectivity index (χ0) is 25.9. The van der Waals surface area contributed by atoms with E-state index in [0.29, 0.717) is 43.9 Å². The number of ether oxygens (including phenoxy) is 2. The van der Waals surface area contributed by atoms with E-state index in [1.54, 1.807) is 31.4 Å². The van der Waals surface area contributed by atoms with Crippen molar-refractivity contribution in [3.8, 4) is 11.5 Å². The molecule has 1 N–H and O–H groups in total. The van der Waals surface area contributed by atoms with Crippen LogP contribution in [0.5, 0.6) is 11.5 Å². The normalized spacial score (nSPS) is 15.4. The van der Waals surface area contributed by atoms with Crippen molar-refractivity contribution in [1.82, 2.24) is 5.32 Å². The molecule has 0 unspecified atom stereocenters. The molecule has 1 fully saturated rings. The number of hydrogen-bond acceptors (Lipinski definition) is 5. The van der Waals surface area contributed by atoms with Crippen LogP contribution in [0.1, 0.15) is 11.1 Å². The van der Waals surface area contributed by atoms with Gasteiger partial charge in [0.05, 0.1) is 31.3 Å². The minimum Gasteiger partial charge on any atom is -0.493 e. The summed E-state index contributed by atoms with van der Waals surface area (Å²) in [5.74, 6) is 0.995. The summed E-state index contributed by atoms with van der Waals surface area (Å²) in [6, 6.07) is 23.5. The van der Waals surface area contributed by atoms with Gasteiger partial charge in [0.25, 0.3) is 5.91 Å². The molecule has 5 rings (SSSR count). The van der Waals surface area contributed by atoms with Crippen molar-refractivity contribution >= 4 is 91.2 Å².